The molecule has 0 unspecified atom stereocenters. The Labute approximate surface area is 130 Å². The van der Waals surface area contributed by atoms with Crippen molar-refractivity contribution in [3.63, 3.8) is 0 Å². The highest BCUT2D eigenvalue weighted by Gasteiger charge is 2.05. The summed E-state index contributed by atoms with van der Waals surface area (Å²) in [7, 11) is 0. The third-order valence-corrected chi connectivity index (χ3v) is 4.45. The van der Waals surface area contributed by atoms with Gasteiger partial charge in [0.05, 0.1) is 15.7 Å². The summed E-state index contributed by atoms with van der Waals surface area (Å²) in [5.74, 6) is 0. The molecule has 3 aromatic rings. The molecule has 1 heterocycles. The van der Waals surface area contributed by atoms with Gasteiger partial charge in [0.1, 0.15) is 0 Å². The molecular formula is C15H13N3OS2. The van der Waals surface area contributed by atoms with Crippen molar-refractivity contribution in [3.05, 3.63) is 48.0 Å². The Bertz CT molecular complexity index is 785. The summed E-state index contributed by atoms with van der Waals surface area (Å²) in [6, 6.07) is 13.2. The summed E-state index contributed by atoms with van der Waals surface area (Å²) in [6.07, 6.45) is 2.00. The fourth-order valence-corrected chi connectivity index (χ4v) is 3.05. The molecule has 6 heteroatoms. The van der Waals surface area contributed by atoms with Crippen molar-refractivity contribution in [3.8, 4) is 0 Å². The molecule has 21 heavy (non-hydrogen) atoms. The van der Waals surface area contributed by atoms with E-state index >= 15 is 0 Å². The van der Waals surface area contributed by atoms with E-state index in [4.69, 9.17) is 0 Å². The predicted molar refractivity (Wildman–Crippen MR) is 90.5 cm³/mol. The molecule has 0 atom stereocenters. The molecule has 1 aromatic heterocycles. The van der Waals surface area contributed by atoms with E-state index in [9.17, 15) is 4.79 Å². The topological polar surface area (TPSA) is 54.0 Å². The molecule has 4 nitrogen and oxygen atoms in total. The highest BCUT2D eigenvalue weighted by atomic mass is 32.2. The zero-order valence-electron chi connectivity index (χ0n) is 11.3. The van der Waals surface area contributed by atoms with Crippen LogP contribution in [0.1, 0.15) is 0 Å². The lowest BCUT2D eigenvalue weighted by Crippen LogP contribution is -2.19. The molecule has 0 saturated heterocycles. The number of thiazole rings is 1. The van der Waals surface area contributed by atoms with Gasteiger partial charge in [-0.05, 0) is 42.7 Å². The first-order valence-electron chi connectivity index (χ1n) is 6.30. The molecule has 0 aliphatic heterocycles. The van der Waals surface area contributed by atoms with Gasteiger partial charge in [0.2, 0.25) is 0 Å². The molecule has 2 N–H and O–H groups in total. The standard InChI is InChI=1S/C15H13N3OS2/c1-20-12-4-2-3-10(7-12)17-15(19)18-11-5-6-14-13(8-11)16-9-21-14/h2-9H,1H3,(H2,17,18,19). The second kappa shape index (κ2) is 6.15. The number of rotatable bonds is 3. The number of carbonyl (C=O) groups excluding carboxylic acids is 1. The lowest BCUT2D eigenvalue weighted by atomic mass is 10.3. The summed E-state index contributed by atoms with van der Waals surface area (Å²) in [4.78, 5) is 17.4. The van der Waals surface area contributed by atoms with Crippen LogP contribution in [0.15, 0.2) is 52.9 Å². The molecular weight excluding hydrogens is 302 g/mol. The number of urea groups is 1. The van der Waals surface area contributed by atoms with Crippen LogP contribution in [0.4, 0.5) is 16.2 Å². The molecule has 0 fully saturated rings. The maximum Gasteiger partial charge on any atom is 0.323 e. The van der Waals surface area contributed by atoms with Gasteiger partial charge in [-0.25, -0.2) is 9.78 Å². The van der Waals surface area contributed by atoms with Crippen LogP contribution in [0.5, 0.6) is 0 Å². The quantitative estimate of drug-likeness (QED) is 0.691. The minimum atomic E-state index is -0.261. The zero-order valence-corrected chi connectivity index (χ0v) is 12.9. The van der Waals surface area contributed by atoms with Crippen LogP contribution in [0.2, 0.25) is 0 Å². The first-order chi connectivity index (χ1) is 10.2. The lowest BCUT2D eigenvalue weighted by molar-refractivity contribution is 0.262. The van der Waals surface area contributed by atoms with Gasteiger partial charge < -0.3 is 10.6 Å². The first kappa shape index (κ1) is 13.9. The van der Waals surface area contributed by atoms with E-state index in [0.717, 1.165) is 26.5 Å². The number of aromatic nitrogens is 1. The number of hydrogen-bond acceptors (Lipinski definition) is 4. The maximum atomic E-state index is 12.0. The summed E-state index contributed by atoms with van der Waals surface area (Å²) in [5.41, 5.74) is 4.19. The fourth-order valence-electron chi connectivity index (χ4n) is 1.93. The second-order valence-corrected chi connectivity index (χ2v) is 6.11. The SMILES string of the molecule is CSc1cccc(NC(=O)Nc2ccc3scnc3c2)c1. The molecule has 0 saturated carbocycles. The van der Waals surface area contributed by atoms with Crippen LogP contribution in [0.25, 0.3) is 10.2 Å². The second-order valence-electron chi connectivity index (χ2n) is 4.35. The smallest absolute Gasteiger partial charge is 0.308 e. The van der Waals surface area contributed by atoms with Gasteiger partial charge in [0.25, 0.3) is 0 Å². The largest absolute Gasteiger partial charge is 0.323 e. The Morgan fingerprint density at radius 3 is 2.76 bits per heavy atom. The van der Waals surface area contributed by atoms with E-state index in [1.165, 1.54) is 0 Å². The number of thioether (sulfide) groups is 1. The summed E-state index contributed by atoms with van der Waals surface area (Å²) < 4.78 is 1.11. The average molecular weight is 315 g/mol. The molecule has 0 bridgehead atoms. The molecule has 2 amide bonds. The molecule has 0 aliphatic carbocycles. The van der Waals surface area contributed by atoms with E-state index in [1.807, 2.05) is 48.7 Å². The van der Waals surface area contributed by atoms with Crippen LogP contribution in [0, 0.1) is 0 Å². The Kier molecular flexibility index (Phi) is 4.08. The first-order valence-corrected chi connectivity index (χ1v) is 8.40. The van der Waals surface area contributed by atoms with Crippen LogP contribution in [0.3, 0.4) is 0 Å². The minimum Gasteiger partial charge on any atom is -0.308 e. The number of nitrogens with one attached hydrogen (secondary N) is 2. The minimum absolute atomic E-state index is 0.261. The van der Waals surface area contributed by atoms with Gasteiger partial charge in [-0.3, -0.25) is 0 Å². The number of carbonyl (C=O) groups is 1. The molecule has 0 radical (unpaired) electrons. The number of amides is 2. The number of nitrogens with zero attached hydrogens (tertiary/aromatic N) is 1. The normalized spacial score (nSPS) is 10.5. The monoisotopic (exact) mass is 315 g/mol. The molecule has 0 aliphatic rings. The highest BCUT2D eigenvalue weighted by molar-refractivity contribution is 7.98. The van der Waals surface area contributed by atoms with Crippen molar-refractivity contribution >= 4 is 50.7 Å². The van der Waals surface area contributed by atoms with Gasteiger partial charge in [0.15, 0.2) is 0 Å². The van der Waals surface area contributed by atoms with Crippen molar-refractivity contribution in [1.29, 1.82) is 0 Å². The molecule has 0 spiro atoms. The summed E-state index contributed by atoms with van der Waals surface area (Å²) >= 11 is 3.22. The summed E-state index contributed by atoms with van der Waals surface area (Å²) in [6.45, 7) is 0. The van der Waals surface area contributed by atoms with E-state index in [1.54, 1.807) is 28.6 Å². The van der Waals surface area contributed by atoms with Gasteiger partial charge >= 0.3 is 6.03 Å². The average Bonchev–Trinajstić information content (AvgIpc) is 2.95. The number of hydrogen-bond donors (Lipinski definition) is 2. The van der Waals surface area contributed by atoms with E-state index in [0.29, 0.717) is 0 Å². The van der Waals surface area contributed by atoms with E-state index in [2.05, 4.69) is 15.6 Å². The number of benzene rings is 2. The van der Waals surface area contributed by atoms with E-state index in [-0.39, 0.29) is 6.03 Å². The molecule has 106 valence electrons. The molecule has 2 aromatic carbocycles. The molecule has 3 rings (SSSR count). The Morgan fingerprint density at radius 2 is 1.95 bits per heavy atom. The Balaban J connectivity index is 1.70. The van der Waals surface area contributed by atoms with Crippen molar-refractivity contribution < 1.29 is 4.79 Å². The number of fused-ring (bicyclic) bond motifs is 1. The highest BCUT2D eigenvalue weighted by Crippen LogP contribution is 2.22. The fraction of sp³-hybridized carbons (Fsp3) is 0.0667. The summed E-state index contributed by atoms with van der Waals surface area (Å²) in [5, 5.41) is 5.64. The maximum absolute atomic E-state index is 12.0. The third-order valence-electron chi connectivity index (χ3n) is 2.92. The predicted octanol–water partition coefficient (Wildman–Crippen LogP) is 4.66. The van der Waals surface area contributed by atoms with Crippen LogP contribution < -0.4 is 10.6 Å². The Morgan fingerprint density at radius 1 is 1.14 bits per heavy atom. The van der Waals surface area contributed by atoms with Gasteiger partial charge in [0, 0.05) is 16.3 Å². The van der Waals surface area contributed by atoms with Crippen molar-refractivity contribution in [2.24, 2.45) is 0 Å². The lowest BCUT2D eigenvalue weighted by Gasteiger charge is -2.08. The zero-order chi connectivity index (χ0) is 14.7. The van der Waals surface area contributed by atoms with E-state index < -0.39 is 0 Å². The van der Waals surface area contributed by atoms with Crippen LogP contribution in [-0.2, 0) is 0 Å². The van der Waals surface area contributed by atoms with Gasteiger partial charge in [-0.1, -0.05) is 6.07 Å². The van der Waals surface area contributed by atoms with Gasteiger partial charge in [-0.15, -0.1) is 23.1 Å². The number of anilines is 2. The van der Waals surface area contributed by atoms with Gasteiger partial charge in [-0.2, -0.15) is 0 Å². The van der Waals surface area contributed by atoms with Crippen molar-refractivity contribution in [2.45, 2.75) is 4.90 Å². The Hall–Kier alpha value is -2.05. The third kappa shape index (κ3) is 3.34. The van der Waals surface area contributed by atoms with Crippen LogP contribution >= 0.6 is 23.1 Å². The van der Waals surface area contributed by atoms with Crippen molar-refractivity contribution in [1.82, 2.24) is 4.98 Å². The van der Waals surface area contributed by atoms with Crippen LogP contribution in [-0.4, -0.2) is 17.3 Å². The van der Waals surface area contributed by atoms with Crippen molar-refractivity contribution in [2.75, 3.05) is 16.9 Å².